The third-order valence-corrected chi connectivity index (χ3v) is 4.09. The van der Waals surface area contributed by atoms with Crippen LogP contribution >= 0.6 is 24.8 Å². The Morgan fingerprint density at radius 3 is 2.64 bits per heavy atom. The quantitative estimate of drug-likeness (QED) is 0.793. The smallest absolute Gasteiger partial charge is 0.364 e. The number of rotatable bonds is 3. The lowest BCUT2D eigenvalue weighted by molar-refractivity contribution is -0.127. The van der Waals surface area contributed by atoms with Gasteiger partial charge in [0.25, 0.3) is 0 Å². The summed E-state index contributed by atoms with van der Waals surface area (Å²) in [7, 11) is 1.86. The first-order valence-electron chi connectivity index (χ1n) is 7.45. The zero-order valence-electron chi connectivity index (χ0n) is 13.5. The van der Waals surface area contributed by atoms with Crippen molar-refractivity contribution in [3.05, 3.63) is 30.0 Å². The van der Waals surface area contributed by atoms with E-state index < -0.39 is 18.8 Å². The second-order valence-electron chi connectivity index (χ2n) is 5.99. The van der Waals surface area contributed by atoms with Gasteiger partial charge in [-0.3, -0.25) is 0 Å². The zero-order chi connectivity index (χ0) is 16.6. The summed E-state index contributed by atoms with van der Waals surface area (Å²) in [4.78, 5) is 1.92. The van der Waals surface area contributed by atoms with Crippen LogP contribution in [0.1, 0.15) is 12.0 Å². The fraction of sp³-hybridized carbons (Fsp3) is 0.533. The molecule has 1 saturated heterocycles. The van der Waals surface area contributed by atoms with Gasteiger partial charge >= 0.3 is 6.18 Å². The summed E-state index contributed by atoms with van der Waals surface area (Å²) in [5.74, 6) is 0.508. The molecule has 0 radical (unpaired) electrons. The fourth-order valence-corrected chi connectivity index (χ4v) is 2.93. The van der Waals surface area contributed by atoms with Crippen molar-refractivity contribution in [2.75, 3.05) is 25.5 Å². The molecule has 1 aliphatic rings. The Bertz CT molecular complexity index is 692. The maximum Gasteiger partial charge on any atom is 0.393 e. The first-order valence-corrected chi connectivity index (χ1v) is 7.45. The van der Waals surface area contributed by atoms with E-state index in [1.165, 1.54) is 10.7 Å². The third-order valence-electron chi connectivity index (χ3n) is 4.09. The number of halogens is 6. The minimum absolute atomic E-state index is 0. The van der Waals surface area contributed by atoms with Crippen molar-refractivity contribution in [2.24, 2.45) is 0 Å². The highest BCUT2D eigenvalue weighted by Gasteiger charge is 2.30. The summed E-state index contributed by atoms with van der Waals surface area (Å²) in [5, 5.41) is 7.12. The molecule has 2 aromatic heterocycles. The van der Waals surface area contributed by atoms with Gasteiger partial charge < -0.3 is 10.2 Å². The highest BCUT2D eigenvalue weighted by Crippen LogP contribution is 2.26. The molecule has 25 heavy (non-hydrogen) atoms. The minimum Gasteiger partial charge on any atom is -0.364 e. The van der Waals surface area contributed by atoms with Crippen molar-refractivity contribution in [1.29, 1.82) is 0 Å². The molecule has 4 nitrogen and oxygen atoms in total. The first-order chi connectivity index (χ1) is 10.8. The molecule has 142 valence electrons. The van der Waals surface area contributed by atoms with E-state index in [1.54, 1.807) is 18.2 Å². The molecule has 0 saturated carbocycles. The van der Waals surface area contributed by atoms with Crippen molar-refractivity contribution in [3.63, 3.8) is 0 Å². The molecule has 0 aliphatic carbocycles. The summed E-state index contributed by atoms with van der Waals surface area (Å²) < 4.78 is 53.3. The lowest BCUT2D eigenvalue weighted by Crippen LogP contribution is -2.46. The third kappa shape index (κ3) is 5.12. The molecule has 2 atom stereocenters. The van der Waals surface area contributed by atoms with E-state index in [4.69, 9.17) is 0 Å². The van der Waals surface area contributed by atoms with Crippen LogP contribution in [-0.4, -0.2) is 53.0 Å². The van der Waals surface area contributed by atoms with Gasteiger partial charge in [0.15, 0.2) is 0 Å². The first kappa shape index (κ1) is 21.8. The highest BCUT2D eigenvalue weighted by atomic mass is 35.5. The van der Waals surface area contributed by atoms with Crippen LogP contribution in [0.25, 0.3) is 5.52 Å². The van der Waals surface area contributed by atoms with Crippen molar-refractivity contribution in [1.82, 2.24) is 14.5 Å². The lowest BCUT2D eigenvalue weighted by atomic mass is 10.0. The Balaban J connectivity index is 0.00000156. The van der Waals surface area contributed by atoms with E-state index in [1.807, 2.05) is 11.9 Å². The van der Waals surface area contributed by atoms with E-state index in [9.17, 15) is 17.6 Å². The van der Waals surface area contributed by atoms with Gasteiger partial charge in [0.1, 0.15) is 12.0 Å². The SMILES string of the molecule is CN1CC[C@@H](Nc2cccc3c(CC(F)(F)F)cnn23)[C@@H](F)C1.Cl.Cl. The maximum absolute atomic E-state index is 14.1. The zero-order valence-corrected chi connectivity index (χ0v) is 15.1. The molecule has 10 heteroatoms. The minimum atomic E-state index is -4.29. The van der Waals surface area contributed by atoms with Gasteiger partial charge in [-0.25, -0.2) is 8.91 Å². The van der Waals surface area contributed by atoms with Crippen LogP contribution in [-0.2, 0) is 6.42 Å². The van der Waals surface area contributed by atoms with Gasteiger partial charge in [-0.1, -0.05) is 6.07 Å². The van der Waals surface area contributed by atoms with Gasteiger partial charge in [-0.15, -0.1) is 24.8 Å². The average molecular weight is 403 g/mol. The van der Waals surface area contributed by atoms with Crippen LogP contribution in [0.3, 0.4) is 0 Å². The van der Waals surface area contributed by atoms with Gasteiger partial charge in [0.2, 0.25) is 0 Å². The summed E-state index contributed by atoms with van der Waals surface area (Å²) in [6, 6.07) is 4.57. The molecular formula is C15H20Cl2F4N4. The van der Waals surface area contributed by atoms with Gasteiger partial charge in [0.05, 0.1) is 24.2 Å². The molecule has 2 aromatic rings. The Morgan fingerprint density at radius 1 is 1.28 bits per heavy atom. The van der Waals surface area contributed by atoms with Crippen LogP contribution in [0.15, 0.2) is 24.4 Å². The normalized spacial score (nSPS) is 21.5. The topological polar surface area (TPSA) is 32.6 Å². The van der Waals surface area contributed by atoms with Crippen molar-refractivity contribution in [2.45, 2.75) is 31.2 Å². The molecule has 0 amide bonds. The number of likely N-dealkylation sites (tertiary alicyclic amines) is 1. The number of anilines is 1. The number of pyridine rings is 1. The van der Waals surface area contributed by atoms with Crippen molar-refractivity contribution >= 4 is 36.1 Å². The number of hydrogen-bond donors (Lipinski definition) is 1. The maximum atomic E-state index is 14.1. The number of aromatic nitrogens is 2. The molecule has 3 heterocycles. The lowest BCUT2D eigenvalue weighted by Gasteiger charge is -2.33. The summed E-state index contributed by atoms with van der Waals surface area (Å²) in [5.41, 5.74) is 0.497. The Kier molecular flexibility index (Phi) is 7.34. The van der Waals surface area contributed by atoms with E-state index in [0.717, 1.165) is 6.54 Å². The van der Waals surface area contributed by atoms with Crippen LogP contribution in [0, 0.1) is 0 Å². The number of hydrogen-bond acceptors (Lipinski definition) is 3. The van der Waals surface area contributed by atoms with E-state index >= 15 is 0 Å². The highest BCUT2D eigenvalue weighted by molar-refractivity contribution is 5.85. The predicted octanol–water partition coefficient (Wildman–Crippen LogP) is 3.74. The molecule has 1 N–H and O–H groups in total. The second-order valence-corrected chi connectivity index (χ2v) is 5.99. The Labute approximate surface area is 155 Å². The number of fused-ring (bicyclic) bond motifs is 1. The molecule has 3 rings (SSSR count). The Morgan fingerprint density at radius 2 is 2.00 bits per heavy atom. The molecule has 1 aliphatic heterocycles. The largest absolute Gasteiger partial charge is 0.393 e. The van der Waals surface area contributed by atoms with Crippen molar-refractivity contribution in [3.8, 4) is 0 Å². The molecule has 0 bridgehead atoms. The van der Waals surface area contributed by atoms with E-state index in [0.29, 0.717) is 24.3 Å². The molecule has 0 spiro atoms. The second kappa shape index (κ2) is 8.42. The standard InChI is InChI=1S/C15H18F4N4.2ClH/c1-22-6-5-12(11(16)9-22)21-14-4-2-3-13-10(7-15(17,18)19)8-20-23(13)14;;/h2-4,8,11-12,21H,5-7,9H2,1H3;2*1H/t11-,12+;;/m0../s1. The molecular weight excluding hydrogens is 383 g/mol. The van der Waals surface area contributed by atoms with Gasteiger partial charge in [-0.2, -0.15) is 18.3 Å². The predicted molar refractivity (Wildman–Crippen MR) is 93.9 cm³/mol. The van der Waals surface area contributed by atoms with Crippen LogP contribution in [0.2, 0.25) is 0 Å². The number of piperidine rings is 1. The molecule has 0 aromatic carbocycles. The number of nitrogens with one attached hydrogen (secondary N) is 1. The number of alkyl halides is 4. The van der Waals surface area contributed by atoms with Crippen LogP contribution in [0.4, 0.5) is 23.4 Å². The number of nitrogens with zero attached hydrogens (tertiary/aromatic N) is 3. The van der Waals surface area contributed by atoms with Crippen LogP contribution < -0.4 is 5.32 Å². The average Bonchev–Trinajstić information content (AvgIpc) is 2.84. The van der Waals surface area contributed by atoms with Crippen molar-refractivity contribution < 1.29 is 17.6 Å². The Hall–Kier alpha value is -1.25. The monoisotopic (exact) mass is 402 g/mol. The van der Waals surface area contributed by atoms with Crippen LogP contribution in [0.5, 0.6) is 0 Å². The molecule has 0 unspecified atom stereocenters. The van der Waals surface area contributed by atoms with E-state index in [-0.39, 0.29) is 36.4 Å². The molecule has 1 fully saturated rings. The van der Waals surface area contributed by atoms with Gasteiger partial charge in [-0.05, 0) is 25.6 Å². The van der Waals surface area contributed by atoms with E-state index in [2.05, 4.69) is 10.4 Å². The van der Waals surface area contributed by atoms with Gasteiger partial charge in [0, 0.05) is 18.7 Å². The summed E-state index contributed by atoms with van der Waals surface area (Å²) in [6.07, 6.45) is -4.50. The summed E-state index contributed by atoms with van der Waals surface area (Å²) >= 11 is 0. The summed E-state index contributed by atoms with van der Waals surface area (Å²) in [6.45, 7) is 1.11. The fourth-order valence-electron chi connectivity index (χ4n) is 2.93.